The fourth-order valence-electron chi connectivity index (χ4n) is 2.71. The van der Waals surface area contributed by atoms with Gasteiger partial charge in [-0.15, -0.1) is 0 Å². The second kappa shape index (κ2) is 7.85. The van der Waals surface area contributed by atoms with Gasteiger partial charge in [0, 0.05) is 6.20 Å². The number of aromatic amines is 1. The zero-order valence-electron chi connectivity index (χ0n) is 17.0. The van der Waals surface area contributed by atoms with Gasteiger partial charge in [-0.05, 0) is 36.1 Å². The van der Waals surface area contributed by atoms with Crippen LogP contribution in [-0.2, 0) is 18.3 Å². The lowest BCUT2D eigenvalue weighted by molar-refractivity contribution is -0.140. The van der Waals surface area contributed by atoms with E-state index in [1.54, 1.807) is 0 Å². The van der Waals surface area contributed by atoms with Gasteiger partial charge in [-0.3, -0.25) is 9.89 Å². The fourth-order valence-corrected chi connectivity index (χ4v) is 2.71. The Hall–Kier alpha value is -3.30. The number of alkyl halides is 3. The van der Waals surface area contributed by atoms with E-state index in [1.807, 2.05) is 24.3 Å². The molecule has 30 heavy (non-hydrogen) atoms. The summed E-state index contributed by atoms with van der Waals surface area (Å²) in [5.41, 5.74) is -0.359. The zero-order valence-corrected chi connectivity index (χ0v) is 17.0. The molecule has 3 rings (SSSR count). The van der Waals surface area contributed by atoms with Crippen molar-refractivity contribution in [1.82, 2.24) is 20.0 Å². The number of halogens is 3. The number of aromatic nitrogens is 4. The van der Waals surface area contributed by atoms with Crippen molar-refractivity contribution >= 4 is 11.6 Å². The zero-order chi connectivity index (χ0) is 22.1. The Balaban J connectivity index is 1.64. The molecule has 10 heteroatoms. The Morgan fingerprint density at radius 1 is 1.17 bits per heavy atom. The highest BCUT2D eigenvalue weighted by Crippen LogP contribution is 2.34. The highest BCUT2D eigenvalue weighted by molar-refractivity contribution is 6.03. The standard InChI is InChI=1S/C20H22F3N5O2/c1-12-16(17(26-25-12)20(21,22)23)24-18(29)15-9-10-28(27-15)11-30-14-7-5-13(6-8-14)19(2,3)4/h5-10H,11H2,1-4H3,(H,24,29)(H,25,26). The normalized spacial score (nSPS) is 12.1. The van der Waals surface area contributed by atoms with Gasteiger partial charge < -0.3 is 10.1 Å². The first-order valence-electron chi connectivity index (χ1n) is 9.15. The van der Waals surface area contributed by atoms with Gasteiger partial charge in [0.15, 0.2) is 18.1 Å². The fraction of sp³-hybridized carbons (Fsp3) is 0.350. The Kier molecular flexibility index (Phi) is 5.60. The van der Waals surface area contributed by atoms with Gasteiger partial charge >= 0.3 is 6.18 Å². The van der Waals surface area contributed by atoms with E-state index in [2.05, 4.69) is 41.4 Å². The lowest BCUT2D eigenvalue weighted by Crippen LogP contribution is -2.17. The van der Waals surface area contributed by atoms with E-state index in [9.17, 15) is 18.0 Å². The number of hydrogen-bond acceptors (Lipinski definition) is 4. The molecule has 0 saturated carbocycles. The van der Waals surface area contributed by atoms with Gasteiger partial charge in [-0.25, -0.2) is 4.68 Å². The van der Waals surface area contributed by atoms with Gasteiger partial charge in [0.1, 0.15) is 5.75 Å². The van der Waals surface area contributed by atoms with E-state index < -0.39 is 23.5 Å². The molecule has 7 nitrogen and oxygen atoms in total. The molecule has 0 saturated heterocycles. The molecule has 3 aromatic rings. The quantitative estimate of drug-likeness (QED) is 0.634. The van der Waals surface area contributed by atoms with Crippen molar-refractivity contribution in [1.29, 1.82) is 0 Å². The Morgan fingerprint density at radius 3 is 2.43 bits per heavy atom. The number of rotatable bonds is 5. The van der Waals surface area contributed by atoms with Gasteiger partial charge in [0.25, 0.3) is 5.91 Å². The van der Waals surface area contributed by atoms with Crippen LogP contribution in [-0.4, -0.2) is 25.9 Å². The topological polar surface area (TPSA) is 84.8 Å². The van der Waals surface area contributed by atoms with Crippen LogP contribution in [0.2, 0.25) is 0 Å². The van der Waals surface area contributed by atoms with Gasteiger partial charge in [0.05, 0.1) is 11.4 Å². The molecule has 0 atom stereocenters. The molecular weight excluding hydrogens is 399 g/mol. The molecule has 0 radical (unpaired) electrons. The molecule has 0 bridgehead atoms. The van der Waals surface area contributed by atoms with Crippen LogP contribution in [0.4, 0.5) is 18.9 Å². The summed E-state index contributed by atoms with van der Waals surface area (Å²) >= 11 is 0. The maximum atomic E-state index is 13.0. The molecule has 0 aliphatic heterocycles. The van der Waals surface area contributed by atoms with Crippen LogP contribution in [0.25, 0.3) is 0 Å². The highest BCUT2D eigenvalue weighted by atomic mass is 19.4. The van der Waals surface area contributed by atoms with Gasteiger partial charge in [0.2, 0.25) is 0 Å². The van der Waals surface area contributed by atoms with Crippen LogP contribution >= 0.6 is 0 Å². The molecule has 2 aromatic heterocycles. The first kappa shape index (κ1) is 21.4. The SMILES string of the molecule is Cc1[nH]nc(C(F)(F)F)c1NC(=O)c1ccn(COc2ccc(C(C)(C)C)cc2)n1. The number of ether oxygens (including phenoxy) is 1. The molecule has 0 unspecified atom stereocenters. The second-order valence-corrected chi connectivity index (χ2v) is 7.81. The number of aryl methyl sites for hydroxylation is 1. The predicted molar refractivity (Wildman–Crippen MR) is 104 cm³/mol. The summed E-state index contributed by atoms with van der Waals surface area (Å²) in [4.78, 5) is 12.3. The maximum absolute atomic E-state index is 13.0. The molecule has 0 spiro atoms. The number of nitrogens with zero attached hydrogens (tertiary/aromatic N) is 3. The Labute approximate surface area is 171 Å². The van der Waals surface area contributed by atoms with Crippen molar-refractivity contribution in [2.75, 3.05) is 5.32 Å². The van der Waals surface area contributed by atoms with E-state index in [-0.39, 0.29) is 23.5 Å². The Bertz CT molecular complexity index is 1030. The number of carbonyl (C=O) groups excluding carboxylic acids is 1. The van der Waals surface area contributed by atoms with Crippen LogP contribution in [0.5, 0.6) is 5.75 Å². The third-order valence-electron chi connectivity index (χ3n) is 4.41. The number of hydrogen-bond donors (Lipinski definition) is 2. The van der Waals surface area contributed by atoms with Crippen molar-refractivity contribution in [3.05, 3.63) is 59.2 Å². The predicted octanol–water partition coefficient (Wildman–Crippen LogP) is 4.52. The van der Waals surface area contributed by atoms with Crippen molar-refractivity contribution in [3.8, 4) is 5.75 Å². The molecule has 0 fully saturated rings. The number of anilines is 1. The third kappa shape index (κ3) is 4.81. The van der Waals surface area contributed by atoms with Crippen LogP contribution in [0, 0.1) is 6.92 Å². The summed E-state index contributed by atoms with van der Waals surface area (Å²) in [5, 5.41) is 11.7. The van der Waals surface area contributed by atoms with E-state index in [1.165, 1.54) is 29.4 Å². The van der Waals surface area contributed by atoms with Crippen molar-refractivity contribution < 1.29 is 22.7 Å². The lowest BCUT2D eigenvalue weighted by atomic mass is 9.87. The molecule has 160 valence electrons. The minimum absolute atomic E-state index is 0.0299. The number of H-pyrrole nitrogens is 1. The first-order valence-corrected chi connectivity index (χ1v) is 9.15. The second-order valence-electron chi connectivity index (χ2n) is 7.81. The summed E-state index contributed by atoms with van der Waals surface area (Å²) in [6.45, 7) is 7.77. The summed E-state index contributed by atoms with van der Waals surface area (Å²) in [6.07, 6.45) is -3.19. The van der Waals surface area contributed by atoms with Gasteiger partial charge in [-0.2, -0.15) is 23.4 Å². The number of carbonyl (C=O) groups is 1. The summed E-state index contributed by atoms with van der Waals surface area (Å²) in [6, 6.07) is 9.03. The molecule has 0 aliphatic carbocycles. The summed E-state index contributed by atoms with van der Waals surface area (Å²) < 4.78 is 46.0. The van der Waals surface area contributed by atoms with E-state index >= 15 is 0 Å². The summed E-state index contributed by atoms with van der Waals surface area (Å²) in [5.74, 6) is -0.147. The van der Waals surface area contributed by atoms with Crippen molar-refractivity contribution in [2.45, 2.75) is 46.0 Å². The minimum Gasteiger partial charge on any atom is -0.471 e. The van der Waals surface area contributed by atoms with Gasteiger partial charge in [-0.1, -0.05) is 32.9 Å². The van der Waals surface area contributed by atoms with E-state index in [0.29, 0.717) is 5.75 Å². The highest BCUT2D eigenvalue weighted by Gasteiger charge is 2.38. The smallest absolute Gasteiger partial charge is 0.437 e. The van der Waals surface area contributed by atoms with E-state index in [4.69, 9.17) is 4.74 Å². The molecule has 2 N–H and O–H groups in total. The average molecular weight is 421 g/mol. The van der Waals surface area contributed by atoms with Crippen molar-refractivity contribution in [3.63, 3.8) is 0 Å². The monoisotopic (exact) mass is 421 g/mol. The van der Waals surface area contributed by atoms with E-state index in [0.717, 1.165) is 0 Å². The maximum Gasteiger partial charge on any atom is 0.437 e. The lowest BCUT2D eigenvalue weighted by Gasteiger charge is -2.19. The molecule has 0 aliphatic rings. The number of amides is 1. The number of benzene rings is 1. The third-order valence-corrected chi connectivity index (χ3v) is 4.41. The first-order chi connectivity index (χ1) is 13.9. The van der Waals surface area contributed by atoms with Crippen LogP contribution in [0.15, 0.2) is 36.5 Å². The van der Waals surface area contributed by atoms with Crippen LogP contribution in [0.3, 0.4) is 0 Å². The molecular formula is C20H22F3N5O2. The largest absolute Gasteiger partial charge is 0.471 e. The Morgan fingerprint density at radius 2 is 1.83 bits per heavy atom. The van der Waals surface area contributed by atoms with Crippen LogP contribution < -0.4 is 10.1 Å². The van der Waals surface area contributed by atoms with Crippen molar-refractivity contribution in [2.24, 2.45) is 0 Å². The molecule has 2 heterocycles. The minimum atomic E-state index is -4.69. The number of nitrogens with one attached hydrogen (secondary N) is 2. The molecule has 1 amide bonds. The van der Waals surface area contributed by atoms with Crippen LogP contribution in [0.1, 0.15) is 48.2 Å². The molecule has 1 aromatic carbocycles. The average Bonchev–Trinajstić information content (AvgIpc) is 3.27. The summed E-state index contributed by atoms with van der Waals surface area (Å²) in [7, 11) is 0.